The summed E-state index contributed by atoms with van der Waals surface area (Å²) < 4.78 is 3.42. The molecule has 1 fully saturated rings. The Bertz CT molecular complexity index is 1260. The molecule has 0 radical (unpaired) electrons. The lowest BCUT2D eigenvalue weighted by Crippen LogP contribution is -2.44. The third kappa shape index (κ3) is 4.32. The van der Waals surface area contributed by atoms with E-state index in [1.165, 1.54) is 0 Å². The Labute approximate surface area is 186 Å². The fourth-order valence-corrected chi connectivity index (χ4v) is 4.12. The predicted molar refractivity (Wildman–Crippen MR) is 124 cm³/mol. The second-order valence-corrected chi connectivity index (χ2v) is 8.32. The number of aromatic nitrogens is 5. The molecule has 0 atom stereocenters. The van der Waals surface area contributed by atoms with Gasteiger partial charge in [0.1, 0.15) is 0 Å². The van der Waals surface area contributed by atoms with E-state index in [1.807, 2.05) is 55.0 Å². The Morgan fingerprint density at radius 2 is 1.75 bits per heavy atom. The number of aryl methyl sites for hydroxylation is 1. The maximum absolute atomic E-state index is 12.6. The van der Waals surface area contributed by atoms with Gasteiger partial charge in [-0.1, -0.05) is 30.3 Å². The summed E-state index contributed by atoms with van der Waals surface area (Å²) in [6.07, 6.45) is 8.20. The second-order valence-electron chi connectivity index (χ2n) is 8.32. The summed E-state index contributed by atoms with van der Waals surface area (Å²) in [6, 6.07) is 11.9. The number of likely N-dealkylation sites (N-methyl/N-ethyl adjacent to an activating group) is 1. The van der Waals surface area contributed by atoms with E-state index in [9.17, 15) is 4.79 Å². The molecule has 4 aromatic rings. The molecule has 32 heavy (non-hydrogen) atoms. The zero-order valence-corrected chi connectivity index (χ0v) is 18.3. The van der Waals surface area contributed by atoms with Crippen molar-refractivity contribution in [2.75, 3.05) is 39.8 Å². The van der Waals surface area contributed by atoms with E-state index in [2.05, 4.69) is 31.9 Å². The molecular weight excluding hydrogens is 402 g/mol. The molecule has 3 aromatic heterocycles. The molecule has 0 unspecified atom stereocenters. The van der Waals surface area contributed by atoms with Crippen molar-refractivity contribution in [1.82, 2.24) is 33.9 Å². The van der Waals surface area contributed by atoms with E-state index in [1.54, 1.807) is 15.3 Å². The highest BCUT2D eigenvalue weighted by Crippen LogP contribution is 2.24. The normalized spacial score (nSPS) is 15.4. The van der Waals surface area contributed by atoms with Crippen molar-refractivity contribution in [3.8, 4) is 22.4 Å². The first kappa shape index (κ1) is 20.5. The Balaban J connectivity index is 1.29. The molecule has 8 nitrogen and oxygen atoms in total. The molecule has 164 valence electrons. The summed E-state index contributed by atoms with van der Waals surface area (Å²) in [5.41, 5.74) is 3.96. The first-order valence-electron chi connectivity index (χ1n) is 11.0. The molecule has 1 saturated heterocycles. The molecule has 1 aliphatic rings. The Hall–Kier alpha value is -3.36. The van der Waals surface area contributed by atoms with Gasteiger partial charge in [-0.05, 0) is 31.6 Å². The standard InChI is InChI=1S/C24H27N7O/c1-28-12-14-29(15-13-28)9-5-10-30-11-8-22(27-24(30)32)20-16-25-23-21(17-26-31(23)18-20)19-6-3-2-4-7-19/h2-4,6-8,11,16-18H,5,9-10,12-15H2,1H3. The summed E-state index contributed by atoms with van der Waals surface area (Å²) >= 11 is 0. The minimum absolute atomic E-state index is 0.230. The first-order valence-corrected chi connectivity index (χ1v) is 11.0. The molecule has 1 aliphatic heterocycles. The molecule has 1 aromatic carbocycles. The van der Waals surface area contributed by atoms with Gasteiger partial charge in [0, 0.05) is 62.4 Å². The van der Waals surface area contributed by atoms with Crippen molar-refractivity contribution >= 4 is 5.65 Å². The monoisotopic (exact) mass is 429 g/mol. The number of rotatable bonds is 6. The summed E-state index contributed by atoms with van der Waals surface area (Å²) in [7, 11) is 2.16. The third-order valence-corrected chi connectivity index (χ3v) is 6.08. The average Bonchev–Trinajstić information content (AvgIpc) is 3.25. The van der Waals surface area contributed by atoms with Crippen LogP contribution in [0, 0.1) is 0 Å². The van der Waals surface area contributed by atoms with Crippen LogP contribution in [0.3, 0.4) is 0 Å². The van der Waals surface area contributed by atoms with Gasteiger partial charge in [0.05, 0.1) is 11.9 Å². The predicted octanol–water partition coefficient (Wildman–Crippen LogP) is 2.26. The Morgan fingerprint density at radius 3 is 2.53 bits per heavy atom. The maximum atomic E-state index is 12.6. The van der Waals surface area contributed by atoms with Crippen molar-refractivity contribution in [2.45, 2.75) is 13.0 Å². The zero-order valence-electron chi connectivity index (χ0n) is 18.3. The number of hydrogen-bond donors (Lipinski definition) is 0. The van der Waals surface area contributed by atoms with Crippen LogP contribution in [0.15, 0.2) is 66.0 Å². The van der Waals surface area contributed by atoms with Crippen LogP contribution in [0.25, 0.3) is 28.0 Å². The fourth-order valence-electron chi connectivity index (χ4n) is 4.12. The lowest BCUT2D eigenvalue weighted by atomic mass is 10.1. The van der Waals surface area contributed by atoms with Gasteiger partial charge in [0.2, 0.25) is 0 Å². The molecule has 4 heterocycles. The van der Waals surface area contributed by atoms with Crippen LogP contribution < -0.4 is 5.69 Å². The minimum atomic E-state index is -0.230. The van der Waals surface area contributed by atoms with Gasteiger partial charge in [-0.15, -0.1) is 0 Å². The van der Waals surface area contributed by atoms with Gasteiger partial charge >= 0.3 is 5.69 Å². The van der Waals surface area contributed by atoms with Crippen molar-refractivity contribution in [3.63, 3.8) is 0 Å². The van der Waals surface area contributed by atoms with Gasteiger partial charge in [-0.3, -0.25) is 4.57 Å². The van der Waals surface area contributed by atoms with Crippen molar-refractivity contribution < 1.29 is 0 Å². The molecule has 0 bridgehead atoms. The van der Waals surface area contributed by atoms with Crippen LogP contribution in [-0.4, -0.2) is 73.7 Å². The number of piperazine rings is 1. The van der Waals surface area contributed by atoms with Crippen LogP contribution in [0.4, 0.5) is 0 Å². The summed E-state index contributed by atoms with van der Waals surface area (Å²) in [4.78, 5) is 26.3. The van der Waals surface area contributed by atoms with Gasteiger partial charge in [-0.2, -0.15) is 10.1 Å². The number of benzene rings is 1. The van der Waals surface area contributed by atoms with E-state index in [-0.39, 0.29) is 5.69 Å². The highest BCUT2D eigenvalue weighted by atomic mass is 16.1. The average molecular weight is 430 g/mol. The zero-order chi connectivity index (χ0) is 21.9. The van der Waals surface area contributed by atoms with Gasteiger partial charge < -0.3 is 9.80 Å². The SMILES string of the molecule is CN1CCN(CCCn2ccc(-c3cnc4c(-c5ccccc5)cnn4c3)nc2=O)CC1. The van der Waals surface area contributed by atoms with Crippen LogP contribution in [0.1, 0.15) is 6.42 Å². The highest BCUT2D eigenvalue weighted by molar-refractivity contribution is 5.77. The second kappa shape index (κ2) is 9.02. The molecule has 0 saturated carbocycles. The lowest BCUT2D eigenvalue weighted by molar-refractivity contribution is 0.151. The van der Waals surface area contributed by atoms with Crippen LogP contribution >= 0.6 is 0 Å². The number of fused-ring (bicyclic) bond motifs is 1. The van der Waals surface area contributed by atoms with Crippen molar-refractivity contribution in [3.05, 3.63) is 71.7 Å². The van der Waals surface area contributed by atoms with Gasteiger partial charge in [0.15, 0.2) is 5.65 Å². The molecule has 5 rings (SSSR count). The lowest BCUT2D eigenvalue weighted by Gasteiger charge is -2.32. The molecule has 0 aliphatic carbocycles. The summed E-state index contributed by atoms with van der Waals surface area (Å²) in [6.45, 7) is 6.09. The van der Waals surface area contributed by atoms with E-state index in [0.29, 0.717) is 12.2 Å². The third-order valence-electron chi connectivity index (χ3n) is 6.08. The smallest absolute Gasteiger partial charge is 0.304 e. The van der Waals surface area contributed by atoms with E-state index < -0.39 is 0 Å². The summed E-state index contributed by atoms with van der Waals surface area (Å²) in [5.74, 6) is 0. The quantitative estimate of drug-likeness (QED) is 0.468. The molecular formula is C24H27N7O. The van der Waals surface area contributed by atoms with E-state index >= 15 is 0 Å². The molecule has 8 heteroatoms. The topological polar surface area (TPSA) is 71.6 Å². The largest absolute Gasteiger partial charge is 0.348 e. The van der Waals surface area contributed by atoms with Crippen molar-refractivity contribution in [2.24, 2.45) is 0 Å². The Morgan fingerprint density at radius 1 is 0.938 bits per heavy atom. The highest BCUT2D eigenvalue weighted by Gasteiger charge is 2.13. The molecule has 0 spiro atoms. The van der Waals surface area contributed by atoms with Crippen LogP contribution in [-0.2, 0) is 6.54 Å². The number of hydrogen-bond acceptors (Lipinski definition) is 6. The van der Waals surface area contributed by atoms with Crippen LogP contribution in [0.5, 0.6) is 0 Å². The molecule has 0 amide bonds. The van der Waals surface area contributed by atoms with Crippen LogP contribution in [0.2, 0.25) is 0 Å². The van der Waals surface area contributed by atoms with Gasteiger partial charge in [0.25, 0.3) is 0 Å². The maximum Gasteiger partial charge on any atom is 0.348 e. The minimum Gasteiger partial charge on any atom is -0.304 e. The van der Waals surface area contributed by atoms with E-state index in [4.69, 9.17) is 0 Å². The summed E-state index contributed by atoms with van der Waals surface area (Å²) in [5, 5.41) is 4.45. The first-order chi connectivity index (χ1) is 15.7. The molecule has 0 N–H and O–H groups in total. The Kier molecular flexibility index (Phi) is 5.79. The van der Waals surface area contributed by atoms with Crippen molar-refractivity contribution in [1.29, 1.82) is 0 Å². The fraction of sp³-hybridized carbons (Fsp3) is 0.333. The van der Waals surface area contributed by atoms with E-state index in [0.717, 1.165) is 61.5 Å². The number of nitrogens with zero attached hydrogens (tertiary/aromatic N) is 7. The van der Waals surface area contributed by atoms with Gasteiger partial charge in [-0.25, -0.2) is 14.3 Å².